The standard InChI is InChI=1S/C7H10N4OS/c1(6-10-5-12-11-6)2-8-7-9-3-4-13-7/h5H,1-4H2,(H,8,9). The third-order valence-corrected chi connectivity index (χ3v) is 2.55. The summed E-state index contributed by atoms with van der Waals surface area (Å²) in [6.45, 7) is 1.74. The highest BCUT2D eigenvalue weighted by Gasteiger charge is 2.06. The first kappa shape index (κ1) is 8.55. The number of amidine groups is 1. The molecule has 0 saturated heterocycles. The van der Waals surface area contributed by atoms with Crippen LogP contribution in [0.3, 0.4) is 0 Å². The van der Waals surface area contributed by atoms with Crippen LogP contribution in [0.4, 0.5) is 0 Å². The van der Waals surface area contributed by atoms with Crippen LogP contribution in [0.25, 0.3) is 0 Å². The highest BCUT2D eigenvalue weighted by Crippen LogP contribution is 2.08. The van der Waals surface area contributed by atoms with E-state index in [1.54, 1.807) is 11.8 Å². The van der Waals surface area contributed by atoms with E-state index in [1.807, 2.05) is 0 Å². The molecule has 0 amide bonds. The molecule has 0 radical (unpaired) electrons. The number of aromatic nitrogens is 2. The number of hydrogen-bond acceptors (Lipinski definition) is 6. The van der Waals surface area contributed by atoms with E-state index in [1.165, 1.54) is 6.39 Å². The van der Waals surface area contributed by atoms with E-state index in [0.717, 1.165) is 36.3 Å². The van der Waals surface area contributed by atoms with E-state index in [9.17, 15) is 0 Å². The summed E-state index contributed by atoms with van der Waals surface area (Å²) in [5.74, 6) is 1.82. The highest BCUT2D eigenvalue weighted by molar-refractivity contribution is 8.14. The van der Waals surface area contributed by atoms with Gasteiger partial charge in [0.25, 0.3) is 0 Å². The maximum atomic E-state index is 4.61. The Morgan fingerprint density at radius 3 is 3.31 bits per heavy atom. The van der Waals surface area contributed by atoms with Crippen molar-refractivity contribution in [1.29, 1.82) is 0 Å². The Bertz CT molecular complexity index is 285. The van der Waals surface area contributed by atoms with Crippen LogP contribution in [0, 0.1) is 0 Å². The van der Waals surface area contributed by atoms with E-state index < -0.39 is 0 Å². The summed E-state index contributed by atoms with van der Waals surface area (Å²) in [4.78, 5) is 8.17. The second-order valence-electron chi connectivity index (χ2n) is 2.56. The first-order chi connectivity index (χ1) is 6.45. The Hall–Kier alpha value is -1.04. The molecule has 1 aromatic heterocycles. The van der Waals surface area contributed by atoms with Gasteiger partial charge in [0.2, 0.25) is 6.39 Å². The molecular weight excluding hydrogens is 188 g/mol. The van der Waals surface area contributed by atoms with Gasteiger partial charge in [0.1, 0.15) is 0 Å². The molecule has 13 heavy (non-hydrogen) atoms. The van der Waals surface area contributed by atoms with Crippen LogP contribution in [0.15, 0.2) is 15.9 Å². The first-order valence-electron chi connectivity index (χ1n) is 4.11. The van der Waals surface area contributed by atoms with Gasteiger partial charge in [-0.1, -0.05) is 16.9 Å². The minimum Gasteiger partial charge on any atom is -0.364 e. The van der Waals surface area contributed by atoms with E-state index in [4.69, 9.17) is 0 Å². The molecule has 1 aliphatic rings. The van der Waals surface area contributed by atoms with Crippen molar-refractivity contribution in [2.24, 2.45) is 4.99 Å². The first-order valence-corrected chi connectivity index (χ1v) is 5.10. The average Bonchev–Trinajstić information content (AvgIpc) is 2.75. The monoisotopic (exact) mass is 198 g/mol. The molecule has 6 heteroatoms. The van der Waals surface area contributed by atoms with E-state index >= 15 is 0 Å². The third-order valence-electron chi connectivity index (χ3n) is 1.62. The minimum absolute atomic E-state index is 0.732. The lowest BCUT2D eigenvalue weighted by molar-refractivity contribution is 0.410. The molecule has 0 saturated carbocycles. The van der Waals surface area contributed by atoms with Gasteiger partial charge in [0.15, 0.2) is 11.0 Å². The molecule has 0 bridgehead atoms. The van der Waals surface area contributed by atoms with Crippen molar-refractivity contribution in [2.45, 2.75) is 6.42 Å². The number of nitrogens with zero attached hydrogens (tertiary/aromatic N) is 3. The molecule has 2 heterocycles. The maximum Gasteiger partial charge on any atom is 0.213 e. The minimum atomic E-state index is 0.732. The van der Waals surface area contributed by atoms with Crippen molar-refractivity contribution in [3.05, 3.63) is 12.2 Å². The van der Waals surface area contributed by atoms with Crippen LogP contribution >= 0.6 is 11.8 Å². The van der Waals surface area contributed by atoms with Crippen LogP contribution in [-0.2, 0) is 6.42 Å². The molecule has 1 aromatic rings. The van der Waals surface area contributed by atoms with Crippen molar-refractivity contribution in [1.82, 2.24) is 15.5 Å². The quantitative estimate of drug-likeness (QED) is 0.757. The van der Waals surface area contributed by atoms with E-state index in [-0.39, 0.29) is 0 Å². The predicted octanol–water partition coefficient (Wildman–Crippen LogP) is 0.304. The number of hydrogen-bond donors (Lipinski definition) is 1. The zero-order chi connectivity index (χ0) is 8.93. The van der Waals surface area contributed by atoms with Crippen LogP contribution in [0.5, 0.6) is 0 Å². The number of aliphatic imine (C=N–C) groups is 1. The normalized spacial score (nSPS) is 15.8. The fourth-order valence-corrected chi connectivity index (χ4v) is 1.79. The topological polar surface area (TPSA) is 63.3 Å². The maximum absolute atomic E-state index is 4.61. The number of nitrogens with one attached hydrogen (secondary N) is 1. The molecule has 5 nitrogen and oxygen atoms in total. The van der Waals surface area contributed by atoms with Gasteiger partial charge in [-0.3, -0.25) is 4.99 Å². The Morgan fingerprint density at radius 1 is 1.62 bits per heavy atom. The molecule has 70 valence electrons. The second kappa shape index (κ2) is 4.27. The van der Waals surface area contributed by atoms with Crippen molar-refractivity contribution in [3.63, 3.8) is 0 Å². The smallest absolute Gasteiger partial charge is 0.213 e. The van der Waals surface area contributed by atoms with Crippen LogP contribution in [0.1, 0.15) is 5.82 Å². The number of thioether (sulfide) groups is 1. The van der Waals surface area contributed by atoms with Gasteiger partial charge in [-0.05, 0) is 0 Å². The molecular formula is C7H10N4OS. The summed E-state index contributed by atoms with van der Waals surface area (Å²) >= 11 is 1.75. The summed E-state index contributed by atoms with van der Waals surface area (Å²) in [6, 6.07) is 0. The van der Waals surface area contributed by atoms with Gasteiger partial charge in [-0.2, -0.15) is 4.98 Å². The summed E-state index contributed by atoms with van der Waals surface area (Å²) in [5.41, 5.74) is 0. The molecule has 1 aliphatic heterocycles. The number of rotatable bonds is 3. The van der Waals surface area contributed by atoms with Gasteiger partial charge >= 0.3 is 0 Å². The zero-order valence-electron chi connectivity index (χ0n) is 7.06. The second-order valence-corrected chi connectivity index (χ2v) is 3.64. The molecule has 0 aliphatic carbocycles. The highest BCUT2D eigenvalue weighted by atomic mass is 32.2. The van der Waals surface area contributed by atoms with Crippen molar-refractivity contribution in [3.8, 4) is 0 Å². The van der Waals surface area contributed by atoms with Crippen LogP contribution in [-0.4, -0.2) is 34.2 Å². The van der Waals surface area contributed by atoms with Crippen LogP contribution < -0.4 is 5.32 Å². The molecule has 0 aromatic carbocycles. The average molecular weight is 198 g/mol. The molecule has 0 spiro atoms. The largest absolute Gasteiger partial charge is 0.364 e. The molecule has 1 N–H and O–H groups in total. The Labute approximate surface area is 80.0 Å². The predicted molar refractivity (Wildman–Crippen MR) is 50.8 cm³/mol. The zero-order valence-corrected chi connectivity index (χ0v) is 7.88. The van der Waals surface area contributed by atoms with Crippen molar-refractivity contribution < 1.29 is 4.52 Å². The summed E-state index contributed by atoms with van der Waals surface area (Å²) < 4.78 is 4.61. The fourth-order valence-electron chi connectivity index (χ4n) is 1.03. The van der Waals surface area contributed by atoms with E-state index in [0.29, 0.717) is 0 Å². The fraction of sp³-hybridized carbons (Fsp3) is 0.571. The summed E-state index contributed by atoms with van der Waals surface area (Å²) in [7, 11) is 0. The van der Waals surface area contributed by atoms with Gasteiger partial charge in [0.05, 0.1) is 6.54 Å². The van der Waals surface area contributed by atoms with Gasteiger partial charge in [-0.15, -0.1) is 0 Å². The van der Waals surface area contributed by atoms with E-state index in [2.05, 4.69) is 25.0 Å². The molecule has 0 unspecified atom stereocenters. The molecule has 0 atom stereocenters. The summed E-state index contributed by atoms with van der Waals surface area (Å²) in [5, 5.41) is 7.95. The van der Waals surface area contributed by atoms with Gasteiger partial charge in [0, 0.05) is 18.7 Å². The SMILES string of the molecule is c1nc(CCNC2=NCCS2)no1. The third kappa shape index (κ3) is 2.45. The lowest BCUT2D eigenvalue weighted by atomic mass is 10.4. The van der Waals surface area contributed by atoms with Crippen LogP contribution in [0.2, 0.25) is 0 Å². The Kier molecular flexibility index (Phi) is 2.81. The van der Waals surface area contributed by atoms with Gasteiger partial charge in [-0.25, -0.2) is 0 Å². The Morgan fingerprint density at radius 2 is 2.62 bits per heavy atom. The van der Waals surface area contributed by atoms with Crippen molar-refractivity contribution >= 4 is 16.9 Å². The Balaban J connectivity index is 1.69. The van der Waals surface area contributed by atoms with Crippen molar-refractivity contribution in [2.75, 3.05) is 18.8 Å². The van der Waals surface area contributed by atoms with Gasteiger partial charge < -0.3 is 9.84 Å². The molecule has 2 rings (SSSR count). The lowest BCUT2D eigenvalue weighted by Crippen LogP contribution is -2.22. The molecule has 0 fully saturated rings. The summed E-state index contributed by atoms with van der Waals surface area (Å²) in [6.07, 6.45) is 2.12. The lowest BCUT2D eigenvalue weighted by Gasteiger charge is -2.01.